The molecule has 0 saturated carbocycles. The topological polar surface area (TPSA) is 78.9 Å². The van der Waals surface area contributed by atoms with Crippen LogP contribution >= 0.6 is 27.3 Å². The molecule has 0 radical (unpaired) electrons. The Morgan fingerprint density at radius 1 is 1.33 bits per heavy atom. The van der Waals surface area contributed by atoms with Gasteiger partial charge in [-0.25, -0.2) is 4.98 Å². The zero-order chi connectivity index (χ0) is 16.9. The molecule has 0 atom stereocenters. The van der Waals surface area contributed by atoms with Crippen molar-refractivity contribution in [2.24, 2.45) is 0 Å². The Labute approximate surface area is 150 Å². The average molecular weight is 400 g/mol. The summed E-state index contributed by atoms with van der Waals surface area (Å²) in [5.41, 5.74) is 1.66. The highest BCUT2D eigenvalue weighted by molar-refractivity contribution is 9.10. The van der Waals surface area contributed by atoms with Crippen LogP contribution in [-0.4, -0.2) is 10.9 Å². The fourth-order valence-corrected chi connectivity index (χ4v) is 2.89. The molecule has 3 rings (SSSR count). The number of nitrogens with zero attached hydrogens (tertiary/aromatic N) is 2. The van der Waals surface area contributed by atoms with Crippen molar-refractivity contribution < 1.29 is 9.21 Å². The Hall–Kier alpha value is -2.69. The summed E-state index contributed by atoms with van der Waals surface area (Å²) in [6, 6.07) is 12.9. The van der Waals surface area contributed by atoms with Crippen molar-refractivity contribution in [1.82, 2.24) is 4.98 Å². The van der Waals surface area contributed by atoms with Gasteiger partial charge in [0.15, 0.2) is 5.13 Å². The molecule has 0 bridgehead atoms. The van der Waals surface area contributed by atoms with E-state index in [0.29, 0.717) is 10.9 Å². The summed E-state index contributed by atoms with van der Waals surface area (Å²) in [5.74, 6) is -0.0815. The predicted molar refractivity (Wildman–Crippen MR) is 96.2 cm³/mol. The average Bonchev–Trinajstić information content (AvgIpc) is 3.25. The van der Waals surface area contributed by atoms with Crippen molar-refractivity contribution in [3.05, 3.63) is 63.8 Å². The lowest BCUT2D eigenvalue weighted by Crippen LogP contribution is -2.13. The summed E-state index contributed by atoms with van der Waals surface area (Å²) < 4.78 is 6.10. The molecule has 0 spiro atoms. The molecule has 2 heterocycles. The Bertz CT molecular complexity index is 922. The quantitative estimate of drug-likeness (QED) is 0.508. The van der Waals surface area contributed by atoms with E-state index in [1.54, 1.807) is 12.1 Å². The third-order valence-electron chi connectivity index (χ3n) is 3.06. The second-order valence-electron chi connectivity index (χ2n) is 4.68. The number of halogens is 1. The van der Waals surface area contributed by atoms with Gasteiger partial charge in [0, 0.05) is 21.5 Å². The molecule has 0 saturated heterocycles. The molecule has 3 aromatic rings. The van der Waals surface area contributed by atoms with Crippen molar-refractivity contribution in [1.29, 1.82) is 5.26 Å². The van der Waals surface area contributed by atoms with Crippen LogP contribution in [0.25, 0.3) is 17.3 Å². The predicted octanol–water partition coefficient (Wildman–Crippen LogP) is 4.71. The minimum Gasteiger partial charge on any atom is -0.465 e. The van der Waals surface area contributed by atoms with Crippen molar-refractivity contribution in [2.45, 2.75) is 0 Å². The SMILES string of the molecule is N#CC(=Cc1ccco1)C(=O)Nc1nc(-c2ccc(Br)cc2)cs1. The van der Waals surface area contributed by atoms with E-state index in [-0.39, 0.29) is 5.57 Å². The van der Waals surface area contributed by atoms with Gasteiger partial charge in [-0.1, -0.05) is 28.1 Å². The molecule has 0 aliphatic heterocycles. The molecule has 118 valence electrons. The van der Waals surface area contributed by atoms with Gasteiger partial charge in [-0.3, -0.25) is 10.1 Å². The third kappa shape index (κ3) is 3.79. The van der Waals surface area contributed by atoms with Crippen LogP contribution in [-0.2, 0) is 4.79 Å². The molecule has 0 fully saturated rings. The highest BCUT2D eigenvalue weighted by Gasteiger charge is 2.13. The number of nitriles is 1. The number of thiazole rings is 1. The van der Waals surface area contributed by atoms with Crippen LogP contribution < -0.4 is 5.32 Å². The maximum absolute atomic E-state index is 12.2. The third-order valence-corrected chi connectivity index (χ3v) is 4.35. The fraction of sp³-hybridized carbons (Fsp3) is 0. The number of hydrogen-bond donors (Lipinski definition) is 1. The number of carbonyl (C=O) groups is 1. The fourth-order valence-electron chi connectivity index (χ4n) is 1.91. The number of hydrogen-bond acceptors (Lipinski definition) is 5. The van der Waals surface area contributed by atoms with Gasteiger partial charge in [0.2, 0.25) is 0 Å². The Morgan fingerprint density at radius 2 is 2.12 bits per heavy atom. The van der Waals surface area contributed by atoms with Gasteiger partial charge in [0.25, 0.3) is 5.91 Å². The van der Waals surface area contributed by atoms with E-state index in [0.717, 1.165) is 15.7 Å². The molecule has 0 unspecified atom stereocenters. The molecule has 1 aromatic carbocycles. The van der Waals surface area contributed by atoms with Gasteiger partial charge in [-0.15, -0.1) is 11.3 Å². The van der Waals surface area contributed by atoms with Crippen LogP contribution in [0.2, 0.25) is 0 Å². The first-order valence-corrected chi connectivity index (χ1v) is 8.51. The summed E-state index contributed by atoms with van der Waals surface area (Å²) in [4.78, 5) is 16.6. The van der Waals surface area contributed by atoms with E-state index in [4.69, 9.17) is 9.68 Å². The first-order chi connectivity index (χ1) is 11.7. The number of furan rings is 1. The first kappa shape index (κ1) is 16.2. The summed E-state index contributed by atoms with van der Waals surface area (Å²) in [5, 5.41) is 14.1. The van der Waals surface area contributed by atoms with Crippen molar-refractivity contribution in [2.75, 3.05) is 5.32 Å². The molecular formula is C17H10BrN3O2S. The maximum atomic E-state index is 12.2. The minimum absolute atomic E-state index is 0.0506. The molecule has 24 heavy (non-hydrogen) atoms. The normalized spacial score (nSPS) is 11.1. The monoisotopic (exact) mass is 399 g/mol. The summed E-state index contributed by atoms with van der Waals surface area (Å²) in [6.07, 6.45) is 2.86. The number of amides is 1. The summed E-state index contributed by atoms with van der Waals surface area (Å²) >= 11 is 4.68. The summed E-state index contributed by atoms with van der Waals surface area (Å²) in [6.45, 7) is 0. The lowest BCUT2D eigenvalue weighted by Gasteiger charge is -1.99. The molecule has 1 amide bonds. The Kier molecular flexibility index (Phi) is 4.89. The van der Waals surface area contributed by atoms with E-state index < -0.39 is 5.91 Å². The summed E-state index contributed by atoms with van der Waals surface area (Å²) in [7, 11) is 0. The van der Waals surface area contributed by atoms with E-state index in [1.807, 2.05) is 35.7 Å². The molecule has 0 aliphatic rings. The van der Waals surface area contributed by atoms with Crippen molar-refractivity contribution in [3.63, 3.8) is 0 Å². The molecular weight excluding hydrogens is 390 g/mol. The molecule has 0 aliphatic carbocycles. The lowest BCUT2D eigenvalue weighted by molar-refractivity contribution is -0.112. The van der Waals surface area contributed by atoms with E-state index in [1.165, 1.54) is 23.7 Å². The molecule has 1 N–H and O–H groups in total. The smallest absolute Gasteiger partial charge is 0.268 e. The van der Waals surface area contributed by atoms with Gasteiger partial charge in [-0.2, -0.15) is 5.26 Å². The van der Waals surface area contributed by atoms with Crippen LogP contribution in [0.1, 0.15) is 5.76 Å². The number of anilines is 1. The zero-order valence-electron chi connectivity index (χ0n) is 12.2. The van der Waals surface area contributed by atoms with Gasteiger partial charge in [-0.05, 0) is 24.3 Å². The van der Waals surface area contributed by atoms with E-state index in [9.17, 15) is 4.79 Å². The standard InChI is InChI=1S/C17H10BrN3O2S/c18-13-5-3-11(4-6-13)15-10-24-17(20-15)21-16(22)12(9-19)8-14-2-1-7-23-14/h1-8,10H,(H,20,21,22). The number of rotatable bonds is 4. The highest BCUT2D eigenvalue weighted by atomic mass is 79.9. The van der Waals surface area contributed by atoms with Crippen LogP contribution in [0.4, 0.5) is 5.13 Å². The number of nitrogens with one attached hydrogen (secondary N) is 1. The van der Waals surface area contributed by atoms with Crippen LogP contribution in [0.15, 0.2) is 62.5 Å². The zero-order valence-corrected chi connectivity index (χ0v) is 14.6. The van der Waals surface area contributed by atoms with Crippen LogP contribution in [0.5, 0.6) is 0 Å². The van der Waals surface area contributed by atoms with E-state index >= 15 is 0 Å². The molecule has 5 nitrogen and oxygen atoms in total. The largest absolute Gasteiger partial charge is 0.465 e. The number of carbonyl (C=O) groups excluding carboxylic acids is 1. The first-order valence-electron chi connectivity index (χ1n) is 6.84. The molecule has 2 aromatic heterocycles. The van der Waals surface area contributed by atoms with Gasteiger partial charge >= 0.3 is 0 Å². The van der Waals surface area contributed by atoms with Crippen LogP contribution in [0.3, 0.4) is 0 Å². The maximum Gasteiger partial charge on any atom is 0.268 e. The van der Waals surface area contributed by atoms with Crippen molar-refractivity contribution >= 4 is 44.4 Å². The number of aromatic nitrogens is 1. The second-order valence-corrected chi connectivity index (χ2v) is 6.46. The van der Waals surface area contributed by atoms with Crippen molar-refractivity contribution in [3.8, 4) is 17.3 Å². The van der Waals surface area contributed by atoms with Gasteiger partial charge < -0.3 is 4.42 Å². The minimum atomic E-state index is -0.523. The Morgan fingerprint density at radius 3 is 2.79 bits per heavy atom. The van der Waals surface area contributed by atoms with Gasteiger partial charge in [0.1, 0.15) is 17.4 Å². The Balaban J connectivity index is 1.75. The van der Waals surface area contributed by atoms with E-state index in [2.05, 4.69) is 26.2 Å². The second kappa shape index (κ2) is 7.25. The molecule has 7 heteroatoms. The number of benzene rings is 1. The van der Waals surface area contributed by atoms with Crippen LogP contribution in [0, 0.1) is 11.3 Å². The lowest BCUT2D eigenvalue weighted by atomic mass is 10.2. The highest BCUT2D eigenvalue weighted by Crippen LogP contribution is 2.26. The van der Waals surface area contributed by atoms with Gasteiger partial charge in [0.05, 0.1) is 12.0 Å².